The molecule has 1 aliphatic heterocycles. The zero-order chi connectivity index (χ0) is 15.0. The van der Waals surface area contributed by atoms with E-state index in [9.17, 15) is 13.6 Å². The van der Waals surface area contributed by atoms with Gasteiger partial charge in [0.25, 0.3) is 0 Å². The lowest BCUT2D eigenvalue weighted by atomic mass is 10.0. The summed E-state index contributed by atoms with van der Waals surface area (Å²) < 4.78 is 27.3. The fourth-order valence-electron chi connectivity index (χ4n) is 2.48. The molecule has 2 aromatic carbocycles. The predicted octanol–water partition coefficient (Wildman–Crippen LogP) is 3.42. The normalized spacial score (nSPS) is 16.2. The Kier molecular flexibility index (Phi) is 3.33. The first-order valence-corrected chi connectivity index (χ1v) is 6.65. The van der Waals surface area contributed by atoms with E-state index < -0.39 is 17.6 Å². The van der Waals surface area contributed by atoms with Crippen LogP contribution in [0.5, 0.6) is 0 Å². The van der Waals surface area contributed by atoms with Gasteiger partial charge in [-0.2, -0.15) is 0 Å². The van der Waals surface area contributed by atoms with Crippen molar-refractivity contribution < 1.29 is 13.6 Å². The summed E-state index contributed by atoms with van der Waals surface area (Å²) in [6, 6.07) is 9.54. The summed E-state index contributed by atoms with van der Waals surface area (Å²) in [6.45, 7) is 1.92. The lowest BCUT2D eigenvalue weighted by Crippen LogP contribution is -2.23. The number of halogens is 2. The SMILES string of the molecule is Cc1cc(F)c(NC(=O)C2CNc3ccccc32)cc1F. The molecule has 1 aliphatic rings. The van der Waals surface area contributed by atoms with E-state index in [-0.39, 0.29) is 17.2 Å². The van der Waals surface area contributed by atoms with Crippen LogP contribution in [0, 0.1) is 18.6 Å². The molecule has 0 aromatic heterocycles. The molecule has 3 rings (SSSR count). The molecule has 2 N–H and O–H groups in total. The molecule has 1 unspecified atom stereocenters. The van der Waals surface area contributed by atoms with Crippen LogP contribution in [0.15, 0.2) is 36.4 Å². The second kappa shape index (κ2) is 5.16. The highest BCUT2D eigenvalue weighted by molar-refractivity contribution is 5.98. The van der Waals surface area contributed by atoms with Gasteiger partial charge in [0, 0.05) is 18.3 Å². The Balaban J connectivity index is 1.84. The zero-order valence-electron chi connectivity index (χ0n) is 11.4. The minimum atomic E-state index is -0.638. The largest absolute Gasteiger partial charge is 0.384 e. The van der Waals surface area contributed by atoms with E-state index in [1.165, 1.54) is 6.92 Å². The highest BCUT2D eigenvalue weighted by Gasteiger charge is 2.28. The van der Waals surface area contributed by atoms with E-state index in [0.29, 0.717) is 6.54 Å². The van der Waals surface area contributed by atoms with Gasteiger partial charge in [-0.3, -0.25) is 4.79 Å². The van der Waals surface area contributed by atoms with Crippen molar-refractivity contribution in [3.05, 3.63) is 59.2 Å². The van der Waals surface area contributed by atoms with Crippen LogP contribution >= 0.6 is 0 Å². The molecule has 1 heterocycles. The summed E-state index contributed by atoms with van der Waals surface area (Å²) in [5, 5.41) is 5.59. The molecule has 0 saturated heterocycles. The van der Waals surface area contributed by atoms with Crippen molar-refractivity contribution in [2.24, 2.45) is 0 Å². The van der Waals surface area contributed by atoms with Gasteiger partial charge in [0.2, 0.25) is 5.91 Å². The molecule has 108 valence electrons. The monoisotopic (exact) mass is 288 g/mol. The van der Waals surface area contributed by atoms with Gasteiger partial charge in [0.1, 0.15) is 11.6 Å². The second-order valence-corrected chi connectivity index (χ2v) is 5.09. The van der Waals surface area contributed by atoms with Crippen molar-refractivity contribution in [1.82, 2.24) is 0 Å². The van der Waals surface area contributed by atoms with Gasteiger partial charge >= 0.3 is 0 Å². The van der Waals surface area contributed by atoms with Crippen molar-refractivity contribution in [1.29, 1.82) is 0 Å². The third kappa shape index (κ3) is 2.46. The van der Waals surface area contributed by atoms with Crippen molar-refractivity contribution in [3.63, 3.8) is 0 Å². The molecule has 1 amide bonds. The van der Waals surface area contributed by atoms with Crippen LogP contribution in [0.4, 0.5) is 20.2 Å². The van der Waals surface area contributed by atoms with E-state index in [4.69, 9.17) is 0 Å². The Labute approximate surface area is 121 Å². The lowest BCUT2D eigenvalue weighted by molar-refractivity contribution is -0.117. The Morgan fingerprint density at radius 2 is 2.00 bits per heavy atom. The fourth-order valence-corrected chi connectivity index (χ4v) is 2.48. The number of hydrogen-bond acceptors (Lipinski definition) is 2. The van der Waals surface area contributed by atoms with Gasteiger partial charge < -0.3 is 10.6 Å². The molecule has 0 bridgehead atoms. The lowest BCUT2D eigenvalue weighted by Gasteiger charge is -2.12. The van der Waals surface area contributed by atoms with Gasteiger partial charge in [0.05, 0.1) is 11.6 Å². The number of carbonyl (C=O) groups excluding carboxylic acids is 1. The molecule has 3 nitrogen and oxygen atoms in total. The van der Waals surface area contributed by atoms with E-state index in [2.05, 4.69) is 10.6 Å². The average molecular weight is 288 g/mol. The molecule has 0 radical (unpaired) electrons. The number of para-hydroxylation sites is 1. The maximum Gasteiger partial charge on any atom is 0.233 e. The number of aryl methyl sites for hydroxylation is 1. The molecule has 0 spiro atoms. The number of nitrogens with one attached hydrogen (secondary N) is 2. The first-order valence-electron chi connectivity index (χ1n) is 6.65. The second-order valence-electron chi connectivity index (χ2n) is 5.09. The minimum Gasteiger partial charge on any atom is -0.384 e. The Morgan fingerprint density at radius 3 is 2.81 bits per heavy atom. The van der Waals surface area contributed by atoms with Gasteiger partial charge in [-0.15, -0.1) is 0 Å². The van der Waals surface area contributed by atoms with Crippen LogP contribution in [0.25, 0.3) is 0 Å². The smallest absolute Gasteiger partial charge is 0.233 e. The van der Waals surface area contributed by atoms with Crippen molar-refractivity contribution in [2.45, 2.75) is 12.8 Å². The zero-order valence-corrected chi connectivity index (χ0v) is 11.4. The number of hydrogen-bond donors (Lipinski definition) is 2. The summed E-state index contributed by atoms with van der Waals surface area (Å²) in [6.07, 6.45) is 0. The average Bonchev–Trinajstić information content (AvgIpc) is 2.88. The summed E-state index contributed by atoms with van der Waals surface area (Å²) in [4.78, 5) is 12.3. The minimum absolute atomic E-state index is 0.132. The third-order valence-electron chi connectivity index (χ3n) is 3.66. The van der Waals surface area contributed by atoms with E-state index in [0.717, 1.165) is 23.4 Å². The van der Waals surface area contributed by atoms with Crippen LogP contribution in [-0.4, -0.2) is 12.5 Å². The maximum absolute atomic E-state index is 13.8. The number of fused-ring (bicyclic) bond motifs is 1. The molecule has 0 saturated carbocycles. The van der Waals surface area contributed by atoms with Gasteiger partial charge in [0.15, 0.2) is 0 Å². The molecule has 5 heteroatoms. The van der Waals surface area contributed by atoms with E-state index in [1.807, 2.05) is 24.3 Å². The summed E-state index contributed by atoms with van der Waals surface area (Å²) in [7, 11) is 0. The summed E-state index contributed by atoms with van der Waals surface area (Å²) in [5.74, 6) is -1.95. The summed E-state index contributed by atoms with van der Waals surface area (Å²) in [5.41, 5.74) is 1.84. The Bertz CT molecular complexity index is 715. The third-order valence-corrected chi connectivity index (χ3v) is 3.66. The highest BCUT2D eigenvalue weighted by atomic mass is 19.1. The first kappa shape index (κ1) is 13.5. The van der Waals surface area contributed by atoms with E-state index >= 15 is 0 Å². The number of rotatable bonds is 2. The maximum atomic E-state index is 13.8. The molecule has 1 atom stereocenters. The molecule has 0 fully saturated rings. The molecule has 0 aliphatic carbocycles. The highest BCUT2D eigenvalue weighted by Crippen LogP contribution is 2.32. The quantitative estimate of drug-likeness (QED) is 0.889. The predicted molar refractivity (Wildman–Crippen MR) is 77.4 cm³/mol. The van der Waals surface area contributed by atoms with Gasteiger partial charge in [-0.05, 0) is 30.2 Å². The molecular weight excluding hydrogens is 274 g/mol. The fraction of sp³-hybridized carbons (Fsp3) is 0.188. The molecule has 2 aromatic rings. The van der Waals surface area contributed by atoms with Crippen LogP contribution in [0.1, 0.15) is 17.0 Å². The number of anilines is 2. The van der Waals surface area contributed by atoms with Crippen molar-refractivity contribution >= 4 is 17.3 Å². The molecule has 21 heavy (non-hydrogen) atoms. The topological polar surface area (TPSA) is 41.1 Å². The van der Waals surface area contributed by atoms with Crippen LogP contribution in [0.2, 0.25) is 0 Å². The van der Waals surface area contributed by atoms with Gasteiger partial charge in [-0.1, -0.05) is 18.2 Å². The summed E-state index contributed by atoms with van der Waals surface area (Å²) >= 11 is 0. The van der Waals surface area contributed by atoms with Crippen LogP contribution in [0.3, 0.4) is 0 Å². The Hall–Kier alpha value is -2.43. The number of carbonyl (C=O) groups is 1. The van der Waals surface area contributed by atoms with E-state index in [1.54, 1.807) is 0 Å². The first-order chi connectivity index (χ1) is 10.1. The standard InChI is InChI=1S/C16H14F2N2O/c1-9-6-13(18)15(7-12(9)17)20-16(21)11-8-19-14-5-3-2-4-10(11)14/h2-7,11,19H,8H2,1H3,(H,20,21). The van der Waals surface area contributed by atoms with Crippen molar-refractivity contribution in [2.75, 3.05) is 17.2 Å². The number of benzene rings is 2. The van der Waals surface area contributed by atoms with Crippen LogP contribution in [-0.2, 0) is 4.79 Å². The van der Waals surface area contributed by atoms with Crippen LogP contribution < -0.4 is 10.6 Å². The number of amides is 1. The Morgan fingerprint density at radius 1 is 1.24 bits per heavy atom. The van der Waals surface area contributed by atoms with Crippen molar-refractivity contribution in [3.8, 4) is 0 Å². The van der Waals surface area contributed by atoms with Gasteiger partial charge in [-0.25, -0.2) is 8.78 Å². The molecular formula is C16H14F2N2O.